The number of allylic oxidation sites excluding steroid dienone is 4. The lowest BCUT2D eigenvalue weighted by Crippen LogP contribution is -2.38. The number of aliphatic carboxylic acids is 1. The van der Waals surface area contributed by atoms with Gasteiger partial charge >= 0.3 is 5.97 Å². The number of furan rings is 1. The summed E-state index contributed by atoms with van der Waals surface area (Å²) in [5.41, 5.74) is 4.06. The second-order valence-corrected chi connectivity index (χ2v) is 13.2. The molecule has 1 saturated carbocycles. The summed E-state index contributed by atoms with van der Waals surface area (Å²) in [5, 5.41) is 10.5. The first-order chi connectivity index (χ1) is 17.3. The van der Waals surface area contributed by atoms with Crippen molar-refractivity contribution in [1.82, 2.24) is 0 Å². The molecule has 0 amide bonds. The molecule has 37 heavy (non-hydrogen) atoms. The van der Waals surface area contributed by atoms with Gasteiger partial charge in [0.2, 0.25) is 0 Å². The van der Waals surface area contributed by atoms with Crippen LogP contribution in [0.5, 0.6) is 0 Å². The molecule has 1 aliphatic heterocycles. The molecule has 2 heterocycles. The molecule has 1 fully saturated rings. The molecule has 6 rings (SSSR count). The molecule has 0 spiro atoms. The minimum atomic E-state index is -0.787. The summed E-state index contributed by atoms with van der Waals surface area (Å²) in [7, 11) is 0. The van der Waals surface area contributed by atoms with Gasteiger partial charge in [-0.2, -0.15) is 0 Å². The van der Waals surface area contributed by atoms with Gasteiger partial charge in [-0.05, 0) is 60.3 Å². The summed E-state index contributed by atoms with van der Waals surface area (Å²) in [6, 6.07) is 4.00. The Bertz CT molecular complexity index is 1420. The van der Waals surface area contributed by atoms with Crippen molar-refractivity contribution in [3.05, 3.63) is 57.2 Å². The summed E-state index contributed by atoms with van der Waals surface area (Å²) >= 11 is 0. The Hall–Kier alpha value is -3.15. The van der Waals surface area contributed by atoms with Crippen LogP contribution in [0.15, 0.2) is 39.2 Å². The van der Waals surface area contributed by atoms with Gasteiger partial charge < -0.3 is 14.3 Å². The molecular weight excluding hydrogens is 468 g/mol. The molecule has 2 atom stereocenters. The smallest absolute Gasteiger partial charge is 0.307 e. The average molecular weight is 503 g/mol. The molecule has 2 unspecified atom stereocenters. The number of fused-ring (bicyclic) bond motifs is 1. The highest BCUT2D eigenvalue weighted by Crippen LogP contribution is 2.57. The number of carbonyl (C=O) groups excluding carboxylic acids is 2. The fourth-order valence-electron chi connectivity index (χ4n) is 6.96. The zero-order valence-corrected chi connectivity index (χ0v) is 22.4. The number of benzene rings is 1. The first-order valence-electron chi connectivity index (χ1n) is 13.2. The van der Waals surface area contributed by atoms with E-state index >= 15 is 0 Å². The lowest BCUT2D eigenvalue weighted by atomic mass is 9.65. The van der Waals surface area contributed by atoms with E-state index < -0.39 is 17.8 Å². The first kappa shape index (κ1) is 24.2. The average Bonchev–Trinajstić information content (AvgIpc) is 3.45. The Kier molecular flexibility index (Phi) is 5.03. The molecule has 4 aliphatic rings. The highest BCUT2D eigenvalue weighted by molar-refractivity contribution is 6.07. The van der Waals surface area contributed by atoms with Gasteiger partial charge in [0.1, 0.15) is 22.9 Å². The van der Waals surface area contributed by atoms with E-state index in [-0.39, 0.29) is 28.3 Å². The number of Topliss-reactive ketones (excluding diaryl/α,β-unsaturated/α-hetero) is 2. The van der Waals surface area contributed by atoms with Gasteiger partial charge in [-0.15, -0.1) is 0 Å². The molecule has 1 aromatic heterocycles. The Labute approximate surface area is 216 Å². The number of carboxylic acid groups (broad SMARTS) is 1. The van der Waals surface area contributed by atoms with Crippen molar-refractivity contribution in [2.45, 2.75) is 85.5 Å². The van der Waals surface area contributed by atoms with Crippen LogP contribution in [0.25, 0.3) is 11.0 Å². The second-order valence-electron chi connectivity index (χ2n) is 13.2. The predicted octanol–water partition coefficient (Wildman–Crippen LogP) is 6.64. The van der Waals surface area contributed by atoms with Crippen LogP contribution in [0.2, 0.25) is 0 Å². The summed E-state index contributed by atoms with van der Waals surface area (Å²) < 4.78 is 12.7. The van der Waals surface area contributed by atoms with E-state index in [1.54, 1.807) is 0 Å². The molecule has 6 nitrogen and oxygen atoms in total. The fraction of sp³-hybridized carbons (Fsp3) is 0.516. The van der Waals surface area contributed by atoms with Crippen LogP contribution in [0.4, 0.5) is 0 Å². The molecule has 1 aromatic carbocycles. The van der Waals surface area contributed by atoms with Crippen molar-refractivity contribution < 1.29 is 28.6 Å². The normalized spacial score (nSPS) is 26.8. The number of carboxylic acids is 1. The number of hydrogen-bond acceptors (Lipinski definition) is 5. The zero-order valence-electron chi connectivity index (χ0n) is 22.4. The third kappa shape index (κ3) is 3.79. The van der Waals surface area contributed by atoms with Gasteiger partial charge in [0.15, 0.2) is 11.6 Å². The maximum Gasteiger partial charge on any atom is 0.307 e. The van der Waals surface area contributed by atoms with Crippen molar-refractivity contribution in [3.63, 3.8) is 0 Å². The SMILES string of the molecule is Cc1cc2cc(C3CC3C(=O)O)c(C)c(C3C4=C(CC(C)(C)CC4=O)OC4=C3C(=O)CC(C)(C)C4)c2o1. The molecule has 3 aliphatic carbocycles. The lowest BCUT2D eigenvalue weighted by molar-refractivity contribution is -0.138. The summed E-state index contributed by atoms with van der Waals surface area (Å²) in [4.78, 5) is 39.3. The molecule has 0 radical (unpaired) electrons. The third-order valence-corrected chi connectivity index (χ3v) is 8.65. The standard InChI is InChI=1S/C31H34O6/c1-14-7-16-8-17(18-9-19(18)29(34)35)15(2)24(28(16)36-14)27-25-20(32)10-30(3,4)12-22(25)37-23-13-31(5,6)11-21(33)26(23)27/h7-8,18-19,27H,9-13H2,1-6H3,(H,34,35). The number of ketones is 2. The summed E-state index contributed by atoms with van der Waals surface area (Å²) in [6.07, 6.45) is 2.61. The fourth-order valence-corrected chi connectivity index (χ4v) is 6.96. The molecule has 1 N–H and O–H groups in total. The molecule has 6 heteroatoms. The van der Waals surface area contributed by atoms with Gasteiger partial charge in [-0.1, -0.05) is 27.7 Å². The molecule has 0 bridgehead atoms. The molecular formula is C31H34O6. The Morgan fingerprint density at radius 3 is 2.00 bits per heavy atom. The number of ether oxygens (including phenoxy) is 1. The van der Waals surface area contributed by atoms with E-state index in [4.69, 9.17) is 9.15 Å². The topological polar surface area (TPSA) is 93.8 Å². The van der Waals surface area contributed by atoms with Crippen LogP contribution >= 0.6 is 0 Å². The van der Waals surface area contributed by atoms with Gasteiger partial charge in [0.25, 0.3) is 0 Å². The van der Waals surface area contributed by atoms with Crippen LogP contribution in [-0.2, 0) is 19.1 Å². The van der Waals surface area contributed by atoms with E-state index in [0.717, 1.165) is 27.8 Å². The van der Waals surface area contributed by atoms with Crippen molar-refractivity contribution >= 4 is 28.5 Å². The Balaban J connectivity index is 1.64. The lowest BCUT2D eigenvalue weighted by Gasteiger charge is -2.43. The van der Waals surface area contributed by atoms with E-state index in [2.05, 4.69) is 27.7 Å². The predicted molar refractivity (Wildman–Crippen MR) is 138 cm³/mol. The highest BCUT2D eigenvalue weighted by atomic mass is 16.5. The minimum Gasteiger partial charge on any atom is -0.481 e. The van der Waals surface area contributed by atoms with E-state index in [0.29, 0.717) is 60.4 Å². The first-order valence-corrected chi connectivity index (χ1v) is 13.2. The van der Waals surface area contributed by atoms with Gasteiger partial charge in [0, 0.05) is 47.8 Å². The van der Waals surface area contributed by atoms with E-state index in [1.165, 1.54) is 0 Å². The quantitative estimate of drug-likeness (QED) is 0.506. The number of carbonyl (C=O) groups is 3. The second kappa shape index (κ2) is 7.68. The van der Waals surface area contributed by atoms with E-state index in [9.17, 15) is 19.5 Å². The third-order valence-electron chi connectivity index (χ3n) is 8.65. The maximum absolute atomic E-state index is 13.8. The van der Waals surface area contributed by atoms with Crippen LogP contribution < -0.4 is 0 Å². The number of aryl methyl sites for hydroxylation is 1. The van der Waals surface area contributed by atoms with Crippen molar-refractivity contribution in [2.24, 2.45) is 16.7 Å². The highest BCUT2D eigenvalue weighted by Gasteiger charge is 2.50. The van der Waals surface area contributed by atoms with Crippen LogP contribution in [0.3, 0.4) is 0 Å². The van der Waals surface area contributed by atoms with Gasteiger partial charge in [-0.25, -0.2) is 0 Å². The maximum atomic E-state index is 13.8. The van der Waals surface area contributed by atoms with Gasteiger partial charge in [-0.3, -0.25) is 14.4 Å². The van der Waals surface area contributed by atoms with Gasteiger partial charge in [0.05, 0.1) is 11.8 Å². The van der Waals surface area contributed by atoms with E-state index in [1.807, 2.05) is 26.0 Å². The molecule has 194 valence electrons. The zero-order chi connectivity index (χ0) is 26.6. The Morgan fingerprint density at radius 2 is 1.49 bits per heavy atom. The summed E-state index contributed by atoms with van der Waals surface area (Å²) in [6.45, 7) is 12.2. The van der Waals surface area contributed by atoms with Crippen LogP contribution in [0.1, 0.15) is 94.1 Å². The monoisotopic (exact) mass is 502 g/mol. The molecule has 2 aromatic rings. The number of hydrogen-bond donors (Lipinski definition) is 1. The minimum absolute atomic E-state index is 0.0106. The summed E-state index contributed by atoms with van der Waals surface area (Å²) in [5.74, 6) is 0.253. The molecule has 0 saturated heterocycles. The van der Waals surface area contributed by atoms with Crippen molar-refractivity contribution in [2.75, 3.05) is 0 Å². The van der Waals surface area contributed by atoms with Crippen LogP contribution in [-0.4, -0.2) is 22.6 Å². The number of rotatable bonds is 3. The van der Waals surface area contributed by atoms with Crippen LogP contribution in [0, 0.1) is 30.6 Å². The Morgan fingerprint density at radius 1 is 0.919 bits per heavy atom. The van der Waals surface area contributed by atoms with Crippen molar-refractivity contribution in [3.8, 4) is 0 Å². The van der Waals surface area contributed by atoms with Crippen molar-refractivity contribution in [1.29, 1.82) is 0 Å². The largest absolute Gasteiger partial charge is 0.481 e.